The molecule has 0 saturated heterocycles. The normalized spacial score (nSPS) is 12.6. The fourth-order valence-corrected chi connectivity index (χ4v) is 3.71. The van der Waals surface area contributed by atoms with E-state index in [1.165, 1.54) is 0 Å². The second-order valence-electron chi connectivity index (χ2n) is 6.14. The zero-order chi connectivity index (χ0) is 20.4. The van der Waals surface area contributed by atoms with Gasteiger partial charge in [0.05, 0.1) is 0 Å². The average molecular weight is 406 g/mol. The second-order valence-corrected chi connectivity index (χ2v) is 6.14. The van der Waals surface area contributed by atoms with E-state index in [9.17, 15) is 43.9 Å². The van der Waals surface area contributed by atoms with E-state index in [-0.39, 0.29) is 0 Å². The van der Waals surface area contributed by atoms with Gasteiger partial charge in [-0.2, -0.15) is 0 Å². The van der Waals surface area contributed by atoms with Gasteiger partial charge in [0.15, 0.2) is 46.5 Å². The molecule has 10 heteroatoms. The van der Waals surface area contributed by atoms with E-state index >= 15 is 0 Å². The van der Waals surface area contributed by atoms with Crippen molar-refractivity contribution in [2.45, 2.75) is 0 Å². The van der Waals surface area contributed by atoms with Gasteiger partial charge >= 0.3 is 0 Å². The van der Waals surface area contributed by atoms with E-state index < -0.39 is 101 Å². The van der Waals surface area contributed by atoms with Crippen molar-refractivity contribution in [1.29, 1.82) is 0 Å². The Hall–Kier alpha value is -3.04. The van der Waals surface area contributed by atoms with Crippen LogP contribution in [0.25, 0.3) is 43.1 Å². The van der Waals surface area contributed by atoms with Crippen molar-refractivity contribution in [2.75, 3.05) is 0 Å². The van der Waals surface area contributed by atoms with Gasteiger partial charge < -0.3 is 0 Å². The fourth-order valence-electron chi connectivity index (χ4n) is 3.71. The molecule has 0 fully saturated rings. The van der Waals surface area contributed by atoms with Crippen molar-refractivity contribution in [3.05, 3.63) is 58.2 Å². The number of hydrogen-bond acceptors (Lipinski definition) is 0. The Balaban J connectivity index is 2.11. The molecule has 0 atom stereocenters. The summed E-state index contributed by atoms with van der Waals surface area (Å²) in [4.78, 5) is 0. The Bertz CT molecular complexity index is 1280. The molecule has 0 N–H and O–H groups in total. The van der Waals surface area contributed by atoms with Crippen molar-refractivity contribution < 1.29 is 43.9 Å². The highest BCUT2D eigenvalue weighted by Gasteiger charge is 2.37. The van der Waals surface area contributed by atoms with E-state index in [0.717, 1.165) is 0 Å². The van der Waals surface area contributed by atoms with Gasteiger partial charge in [-0.05, 0) is 0 Å². The van der Waals surface area contributed by atoms with Crippen molar-refractivity contribution in [3.63, 3.8) is 0 Å². The smallest absolute Gasteiger partial charge is 0.198 e. The third-order valence-corrected chi connectivity index (χ3v) is 4.91. The molecular formula is C18F10. The van der Waals surface area contributed by atoms with E-state index in [1.807, 2.05) is 0 Å². The molecule has 5 rings (SSSR count). The molecule has 0 heterocycles. The third-order valence-electron chi connectivity index (χ3n) is 4.91. The monoisotopic (exact) mass is 406 g/mol. The molecule has 0 aliphatic carbocycles. The molecule has 5 aromatic rings. The van der Waals surface area contributed by atoms with E-state index in [1.54, 1.807) is 0 Å². The maximum atomic E-state index is 14.8. The van der Waals surface area contributed by atoms with Crippen LogP contribution >= 0.6 is 0 Å². The topological polar surface area (TPSA) is 0 Å². The summed E-state index contributed by atoms with van der Waals surface area (Å²) in [5, 5.41) is -8.72. The second kappa shape index (κ2) is 4.86. The number of hydrogen-bond donors (Lipinski definition) is 0. The van der Waals surface area contributed by atoms with E-state index in [0.29, 0.717) is 0 Å². The molecular weight excluding hydrogens is 406 g/mol. The lowest BCUT2D eigenvalue weighted by Gasteiger charge is -2.22. The highest BCUT2D eigenvalue weighted by atomic mass is 19.2. The maximum Gasteiger partial charge on any atom is 0.198 e. The summed E-state index contributed by atoms with van der Waals surface area (Å²) in [5.41, 5.74) is 0. The molecule has 5 aromatic carbocycles. The first kappa shape index (κ1) is 17.1. The molecule has 0 saturated carbocycles. The summed E-state index contributed by atoms with van der Waals surface area (Å²) in [6.45, 7) is 0. The van der Waals surface area contributed by atoms with Crippen LogP contribution in [-0.2, 0) is 0 Å². The van der Waals surface area contributed by atoms with Gasteiger partial charge in [-0.25, -0.2) is 43.9 Å². The summed E-state index contributed by atoms with van der Waals surface area (Å²) < 4.78 is 139. The lowest BCUT2D eigenvalue weighted by atomic mass is 9.83. The van der Waals surface area contributed by atoms with Crippen LogP contribution in [0.5, 0.6) is 0 Å². The van der Waals surface area contributed by atoms with Crippen molar-refractivity contribution in [3.8, 4) is 0 Å². The van der Waals surface area contributed by atoms with Gasteiger partial charge in [0, 0.05) is 43.1 Å². The molecule has 0 spiro atoms. The molecule has 0 aromatic heterocycles. The highest BCUT2D eigenvalue weighted by Crippen LogP contribution is 2.51. The maximum absolute atomic E-state index is 14.8. The van der Waals surface area contributed by atoms with Crippen LogP contribution in [0.4, 0.5) is 43.9 Å². The number of benzene rings is 3. The summed E-state index contributed by atoms with van der Waals surface area (Å²) in [6, 6.07) is 0. The Morgan fingerprint density at radius 3 is 0.500 bits per heavy atom. The van der Waals surface area contributed by atoms with Gasteiger partial charge in [0.1, 0.15) is 11.6 Å². The summed E-state index contributed by atoms with van der Waals surface area (Å²) >= 11 is 0. The predicted octanol–water partition coefficient (Wildman–Crippen LogP) is 6.57. The standard InChI is InChI=1S/C18F10/c19-9-1-2(6-5(1)11(21)15(25)16(26)12(6)22)10(20)4-3(9)7-8(4)14(24)18(28)17(27)13(7)23. The molecule has 0 aliphatic rings. The van der Waals surface area contributed by atoms with Crippen LogP contribution in [0.15, 0.2) is 0 Å². The Morgan fingerprint density at radius 2 is 0.321 bits per heavy atom. The quantitative estimate of drug-likeness (QED) is 0.155. The Morgan fingerprint density at radius 1 is 0.179 bits per heavy atom. The molecule has 0 amide bonds. The van der Waals surface area contributed by atoms with Gasteiger partial charge in [-0.1, -0.05) is 0 Å². The lowest BCUT2D eigenvalue weighted by molar-refractivity contribution is 0.417. The summed E-state index contributed by atoms with van der Waals surface area (Å²) in [7, 11) is 0. The first-order chi connectivity index (χ1) is 13.1. The van der Waals surface area contributed by atoms with Gasteiger partial charge in [0.25, 0.3) is 0 Å². The minimum atomic E-state index is -2.28. The van der Waals surface area contributed by atoms with Gasteiger partial charge in [-0.15, -0.1) is 0 Å². The van der Waals surface area contributed by atoms with E-state index in [2.05, 4.69) is 0 Å². The zero-order valence-electron chi connectivity index (χ0n) is 12.8. The van der Waals surface area contributed by atoms with E-state index in [4.69, 9.17) is 0 Å². The predicted molar refractivity (Wildman–Crippen MR) is 78.4 cm³/mol. The molecule has 0 aliphatic heterocycles. The largest absolute Gasteiger partial charge is 0.206 e. The van der Waals surface area contributed by atoms with Crippen LogP contribution in [0, 0.1) is 58.2 Å². The van der Waals surface area contributed by atoms with Crippen LogP contribution in [0.2, 0.25) is 0 Å². The summed E-state index contributed by atoms with van der Waals surface area (Å²) in [5.74, 6) is -20.5. The molecule has 28 heavy (non-hydrogen) atoms. The van der Waals surface area contributed by atoms with Crippen LogP contribution in [-0.4, -0.2) is 0 Å². The van der Waals surface area contributed by atoms with Crippen molar-refractivity contribution in [1.82, 2.24) is 0 Å². The fraction of sp³-hybridized carbons (Fsp3) is 0. The summed E-state index contributed by atoms with van der Waals surface area (Å²) in [6.07, 6.45) is 0. The number of halogens is 10. The van der Waals surface area contributed by atoms with Crippen LogP contribution in [0.3, 0.4) is 0 Å². The SMILES string of the molecule is Fc1c(F)c(F)c2c(c1F)c1c(F)c3c4c(F)c(F)c(F)c(F)c4c3c(F)c21. The van der Waals surface area contributed by atoms with Crippen LogP contribution in [0.1, 0.15) is 0 Å². The minimum Gasteiger partial charge on any atom is -0.206 e. The molecule has 0 nitrogen and oxygen atoms in total. The molecule has 0 radical (unpaired) electrons. The first-order valence-corrected chi connectivity index (χ1v) is 7.39. The lowest BCUT2D eigenvalue weighted by Crippen LogP contribution is -2.09. The van der Waals surface area contributed by atoms with Crippen molar-refractivity contribution in [2.24, 2.45) is 0 Å². The van der Waals surface area contributed by atoms with Crippen LogP contribution < -0.4 is 0 Å². The highest BCUT2D eigenvalue weighted by molar-refractivity contribution is 6.36. The number of fused-ring (bicyclic) bond motifs is 8. The third kappa shape index (κ3) is 1.53. The van der Waals surface area contributed by atoms with Crippen molar-refractivity contribution >= 4 is 43.1 Å². The first-order valence-electron chi connectivity index (χ1n) is 7.39. The molecule has 0 unspecified atom stereocenters. The zero-order valence-corrected chi connectivity index (χ0v) is 12.8. The number of rotatable bonds is 0. The average Bonchev–Trinajstić information content (AvgIpc) is 2.60. The Labute approximate surface area is 146 Å². The molecule has 142 valence electrons. The molecule has 0 bridgehead atoms. The Kier molecular flexibility index (Phi) is 2.97. The van der Waals surface area contributed by atoms with Gasteiger partial charge in [-0.3, -0.25) is 0 Å². The minimum absolute atomic E-state index is 1.04. The van der Waals surface area contributed by atoms with Gasteiger partial charge in [0.2, 0.25) is 0 Å².